The number of aromatic amines is 1. The van der Waals surface area contributed by atoms with Crippen LogP contribution in [0.1, 0.15) is 27.3 Å². The molecule has 0 radical (unpaired) electrons. The highest BCUT2D eigenvalue weighted by Gasteiger charge is 2.39. The monoisotopic (exact) mass is 458 g/mol. The van der Waals surface area contributed by atoms with Gasteiger partial charge in [0.1, 0.15) is 11.9 Å². The van der Waals surface area contributed by atoms with Crippen molar-refractivity contribution >= 4 is 28.6 Å². The van der Waals surface area contributed by atoms with Crippen LogP contribution in [0.3, 0.4) is 0 Å². The van der Waals surface area contributed by atoms with E-state index < -0.39 is 18.0 Å². The maximum Gasteiger partial charge on any atom is 0.325 e. The summed E-state index contributed by atoms with van der Waals surface area (Å²) in [5.74, 6) is -1.16. The molecule has 0 unspecified atom stereocenters. The topological polar surface area (TPSA) is 87.2 Å². The average Bonchev–Trinajstić information content (AvgIpc) is 3.44. The normalized spacial score (nSPS) is 15.9. The molecular formula is C26H23FN4O3. The van der Waals surface area contributed by atoms with Crippen molar-refractivity contribution in [3.8, 4) is 5.69 Å². The number of urea groups is 1. The first-order valence-corrected chi connectivity index (χ1v) is 11.0. The Balaban J connectivity index is 1.34. The fraction of sp³-hybridized carbons (Fsp3) is 0.192. The standard InChI is InChI=1S/C26H23FN4O3/c1-15-10-21(16(2)31(15)19-7-5-6-18(27)12-19)24(32)14-30-25(33)23(29-26(30)34)11-17-13-28-22-9-4-3-8-20(17)22/h3-10,12-13,23,28H,11,14H2,1-2H3,(H,29,34)/t23-/m1/s1. The Morgan fingerprint density at radius 3 is 2.65 bits per heavy atom. The van der Waals surface area contributed by atoms with Crippen LogP contribution in [-0.2, 0) is 11.2 Å². The number of ketones is 1. The number of para-hydroxylation sites is 1. The summed E-state index contributed by atoms with van der Waals surface area (Å²) in [6.07, 6.45) is 2.16. The van der Waals surface area contributed by atoms with Crippen molar-refractivity contribution in [1.29, 1.82) is 0 Å². The number of aromatic nitrogens is 2. The highest BCUT2D eigenvalue weighted by Crippen LogP contribution is 2.24. The second kappa shape index (κ2) is 8.30. The molecule has 5 rings (SSSR count). The van der Waals surface area contributed by atoms with Crippen molar-refractivity contribution in [2.24, 2.45) is 0 Å². The number of carbonyl (C=O) groups excluding carboxylic acids is 3. The number of hydrogen-bond donors (Lipinski definition) is 2. The van der Waals surface area contributed by atoms with Gasteiger partial charge in [0, 0.05) is 46.2 Å². The number of aryl methyl sites for hydroxylation is 1. The summed E-state index contributed by atoms with van der Waals surface area (Å²) in [7, 11) is 0. The number of benzene rings is 2. The lowest BCUT2D eigenvalue weighted by atomic mass is 10.0. The van der Waals surface area contributed by atoms with Gasteiger partial charge in [0.2, 0.25) is 0 Å². The molecule has 1 atom stereocenters. The molecule has 2 aromatic carbocycles. The van der Waals surface area contributed by atoms with E-state index in [1.165, 1.54) is 12.1 Å². The number of carbonyl (C=O) groups is 3. The molecule has 7 nitrogen and oxygen atoms in total. The zero-order chi connectivity index (χ0) is 24.0. The molecule has 2 aromatic heterocycles. The Morgan fingerprint density at radius 2 is 1.85 bits per heavy atom. The molecular weight excluding hydrogens is 435 g/mol. The molecule has 1 aliphatic rings. The third kappa shape index (κ3) is 3.67. The van der Waals surface area contributed by atoms with Crippen molar-refractivity contribution in [3.05, 3.63) is 89.1 Å². The van der Waals surface area contributed by atoms with Crippen LogP contribution in [0, 0.1) is 19.7 Å². The molecule has 2 N–H and O–H groups in total. The van der Waals surface area contributed by atoms with Crippen molar-refractivity contribution < 1.29 is 18.8 Å². The van der Waals surface area contributed by atoms with Gasteiger partial charge < -0.3 is 14.9 Å². The Kier molecular flexibility index (Phi) is 5.28. The number of nitrogens with one attached hydrogen (secondary N) is 2. The summed E-state index contributed by atoms with van der Waals surface area (Å²) in [4.78, 5) is 42.8. The quantitative estimate of drug-likeness (QED) is 0.337. The molecule has 34 heavy (non-hydrogen) atoms. The van der Waals surface area contributed by atoms with Crippen LogP contribution < -0.4 is 5.32 Å². The van der Waals surface area contributed by atoms with Crippen LogP contribution in [0.4, 0.5) is 9.18 Å². The van der Waals surface area contributed by atoms with Crippen molar-refractivity contribution in [2.45, 2.75) is 26.3 Å². The van der Waals surface area contributed by atoms with Crippen LogP contribution >= 0.6 is 0 Å². The highest BCUT2D eigenvalue weighted by atomic mass is 19.1. The zero-order valence-electron chi connectivity index (χ0n) is 18.8. The van der Waals surface area contributed by atoms with Gasteiger partial charge in [-0.25, -0.2) is 9.18 Å². The van der Waals surface area contributed by atoms with Crippen LogP contribution in [-0.4, -0.2) is 44.8 Å². The number of rotatable bonds is 6. The molecule has 0 aliphatic carbocycles. The van der Waals surface area contributed by atoms with E-state index in [0.29, 0.717) is 23.4 Å². The van der Waals surface area contributed by atoms with Gasteiger partial charge in [0.15, 0.2) is 5.78 Å². The van der Waals surface area contributed by atoms with E-state index in [2.05, 4.69) is 10.3 Å². The molecule has 8 heteroatoms. The summed E-state index contributed by atoms with van der Waals surface area (Å²) >= 11 is 0. The van der Waals surface area contributed by atoms with Crippen LogP contribution in [0.25, 0.3) is 16.6 Å². The first-order chi connectivity index (χ1) is 16.3. The summed E-state index contributed by atoms with van der Waals surface area (Å²) in [6.45, 7) is 3.22. The summed E-state index contributed by atoms with van der Waals surface area (Å²) in [6, 6.07) is 14.2. The number of halogens is 1. The largest absolute Gasteiger partial charge is 0.361 e. The zero-order valence-corrected chi connectivity index (χ0v) is 18.8. The summed E-state index contributed by atoms with van der Waals surface area (Å²) < 4.78 is 15.5. The molecule has 4 aromatic rings. The Bertz CT molecular complexity index is 1450. The lowest BCUT2D eigenvalue weighted by Crippen LogP contribution is -2.36. The minimum atomic E-state index is -0.737. The third-order valence-electron chi connectivity index (χ3n) is 6.31. The molecule has 1 aliphatic heterocycles. The smallest absolute Gasteiger partial charge is 0.325 e. The number of Topliss-reactive ketones (excluding diaryl/α,β-unsaturated/α-hetero) is 1. The van der Waals surface area contributed by atoms with E-state index in [-0.39, 0.29) is 18.1 Å². The van der Waals surface area contributed by atoms with Crippen molar-refractivity contribution in [3.63, 3.8) is 0 Å². The highest BCUT2D eigenvalue weighted by molar-refractivity contribution is 6.09. The van der Waals surface area contributed by atoms with E-state index in [4.69, 9.17) is 0 Å². The molecule has 172 valence electrons. The van der Waals surface area contributed by atoms with E-state index in [0.717, 1.165) is 27.1 Å². The maximum absolute atomic E-state index is 13.7. The van der Waals surface area contributed by atoms with Crippen LogP contribution in [0.15, 0.2) is 60.8 Å². The van der Waals surface area contributed by atoms with Gasteiger partial charge in [0.25, 0.3) is 5.91 Å². The Morgan fingerprint density at radius 1 is 1.06 bits per heavy atom. The predicted molar refractivity (Wildman–Crippen MR) is 126 cm³/mol. The number of fused-ring (bicyclic) bond motifs is 1. The van der Waals surface area contributed by atoms with Gasteiger partial charge in [0.05, 0.1) is 6.54 Å². The van der Waals surface area contributed by atoms with Crippen LogP contribution in [0.2, 0.25) is 0 Å². The number of amides is 3. The Hall–Kier alpha value is -4.20. The minimum absolute atomic E-state index is 0.327. The lowest BCUT2D eigenvalue weighted by molar-refractivity contribution is -0.127. The Labute approximate surface area is 195 Å². The van der Waals surface area contributed by atoms with E-state index in [1.807, 2.05) is 37.4 Å². The number of hydrogen-bond acceptors (Lipinski definition) is 3. The van der Waals surface area contributed by atoms with E-state index in [9.17, 15) is 18.8 Å². The lowest BCUT2D eigenvalue weighted by Gasteiger charge is -2.13. The number of nitrogens with zero attached hydrogens (tertiary/aromatic N) is 2. The van der Waals surface area contributed by atoms with Crippen molar-refractivity contribution in [2.75, 3.05) is 6.54 Å². The summed E-state index contributed by atoms with van der Waals surface area (Å²) in [5, 5.41) is 3.69. The first-order valence-electron chi connectivity index (χ1n) is 11.0. The molecule has 3 heterocycles. The second-order valence-corrected chi connectivity index (χ2v) is 8.51. The van der Waals surface area contributed by atoms with E-state index in [1.54, 1.807) is 29.7 Å². The summed E-state index contributed by atoms with van der Waals surface area (Å²) in [5.41, 5.74) is 4.23. The third-order valence-corrected chi connectivity index (χ3v) is 6.31. The second-order valence-electron chi connectivity index (χ2n) is 8.51. The van der Waals surface area contributed by atoms with Crippen molar-refractivity contribution in [1.82, 2.24) is 19.8 Å². The van der Waals surface area contributed by atoms with Gasteiger partial charge in [-0.05, 0) is 49.7 Å². The van der Waals surface area contributed by atoms with E-state index >= 15 is 0 Å². The average molecular weight is 458 g/mol. The maximum atomic E-state index is 13.7. The van der Waals surface area contributed by atoms with Gasteiger partial charge >= 0.3 is 6.03 Å². The molecule has 1 saturated heterocycles. The molecule has 0 saturated carbocycles. The van der Waals surface area contributed by atoms with Gasteiger partial charge in [-0.3, -0.25) is 14.5 Å². The van der Waals surface area contributed by atoms with Gasteiger partial charge in [-0.1, -0.05) is 24.3 Å². The first kappa shape index (κ1) is 21.6. The number of H-pyrrole nitrogens is 1. The van der Waals surface area contributed by atoms with Crippen LogP contribution in [0.5, 0.6) is 0 Å². The molecule has 1 fully saturated rings. The predicted octanol–water partition coefficient (Wildman–Crippen LogP) is 4.06. The molecule has 3 amide bonds. The fourth-order valence-electron chi connectivity index (χ4n) is 4.67. The minimum Gasteiger partial charge on any atom is -0.361 e. The molecule has 0 spiro atoms. The van der Waals surface area contributed by atoms with Gasteiger partial charge in [-0.15, -0.1) is 0 Å². The fourth-order valence-corrected chi connectivity index (χ4v) is 4.67. The SMILES string of the molecule is Cc1cc(C(=O)CN2C(=O)N[C@H](Cc3c[nH]c4ccccc34)C2=O)c(C)n1-c1cccc(F)c1. The number of imide groups is 1. The molecule has 0 bridgehead atoms. The van der Waals surface area contributed by atoms with Gasteiger partial charge in [-0.2, -0.15) is 0 Å².